The third-order valence-corrected chi connectivity index (χ3v) is 5.00. The zero-order valence-corrected chi connectivity index (χ0v) is 16.4. The number of hydrogen-bond acceptors (Lipinski definition) is 3. The fraction of sp³-hybridized carbons (Fsp3) is 0.316. The fourth-order valence-electron chi connectivity index (χ4n) is 2.93. The van der Waals surface area contributed by atoms with Crippen LogP contribution in [0, 0.1) is 0 Å². The molecule has 1 aliphatic heterocycles. The highest BCUT2D eigenvalue weighted by atomic mass is 35.5. The van der Waals surface area contributed by atoms with Crippen molar-refractivity contribution in [2.45, 2.75) is 25.5 Å². The fourth-order valence-corrected chi connectivity index (χ4v) is 3.72. The van der Waals surface area contributed by atoms with Gasteiger partial charge in [-0.1, -0.05) is 41.4 Å². The van der Waals surface area contributed by atoms with Gasteiger partial charge in [0.25, 0.3) is 0 Å². The van der Waals surface area contributed by atoms with E-state index in [9.17, 15) is 5.11 Å². The van der Waals surface area contributed by atoms with E-state index in [0.717, 1.165) is 30.7 Å². The Hall–Kier alpha value is -1.53. The second kappa shape index (κ2) is 8.91. The van der Waals surface area contributed by atoms with Gasteiger partial charge in [0.05, 0.1) is 6.10 Å². The molecule has 1 fully saturated rings. The van der Waals surface area contributed by atoms with Crippen LogP contribution in [0.25, 0.3) is 0 Å². The van der Waals surface area contributed by atoms with Crippen molar-refractivity contribution < 1.29 is 9.84 Å². The molecule has 1 heterocycles. The number of nitrogens with one attached hydrogen (secondary N) is 1. The second-order valence-corrected chi connectivity index (χ2v) is 7.49. The number of aromatic hydroxyl groups is 1. The maximum Gasteiger partial charge on any atom is 0.173 e. The number of ether oxygens (including phenoxy) is 1. The van der Waals surface area contributed by atoms with Gasteiger partial charge in [-0.05, 0) is 49.3 Å². The maximum absolute atomic E-state index is 10.1. The molecule has 2 aromatic rings. The zero-order chi connectivity index (χ0) is 18.5. The number of thiocarbonyl (C=S) groups is 1. The smallest absolute Gasteiger partial charge is 0.173 e. The number of halogens is 2. The summed E-state index contributed by atoms with van der Waals surface area (Å²) in [5.41, 5.74) is 1.53. The molecule has 26 heavy (non-hydrogen) atoms. The predicted octanol–water partition coefficient (Wildman–Crippen LogP) is 5.08. The second-order valence-electron chi connectivity index (χ2n) is 6.23. The van der Waals surface area contributed by atoms with Gasteiger partial charge in [0.2, 0.25) is 0 Å². The van der Waals surface area contributed by atoms with Gasteiger partial charge in [0.15, 0.2) is 5.11 Å². The Morgan fingerprint density at radius 1 is 1.23 bits per heavy atom. The molecule has 1 aliphatic rings. The van der Waals surface area contributed by atoms with Crippen LogP contribution in [0.3, 0.4) is 0 Å². The Bertz CT molecular complexity index is 762. The van der Waals surface area contributed by atoms with Gasteiger partial charge < -0.3 is 20.1 Å². The first-order valence-corrected chi connectivity index (χ1v) is 9.58. The minimum absolute atomic E-state index is 0.128. The van der Waals surface area contributed by atoms with Crippen molar-refractivity contribution in [2.24, 2.45) is 0 Å². The lowest BCUT2D eigenvalue weighted by Gasteiger charge is -2.28. The minimum Gasteiger partial charge on any atom is -0.508 e. The van der Waals surface area contributed by atoms with E-state index in [1.165, 1.54) is 0 Å². The molecule has 1 atom stereocenters. The Morgan fingerprint density at radius 3 is 2.62 bits per heavy atom. The molecule has 0 spiro atoms. The summed E-state index contributed by atoms with van der Waals surface area (Å²) in [5, 5.41) is 14.9. The topological polar surface area (TPSA) is 44.7 Å². The lowest BCUT2D eigenvalue weighted by atomic mass is 10.1. The van der Waals surface area contributed by atoms with Gasteiger partial charge in [0, 0.05) is 41.0 Å². The summed E-state index contributed by atoms with van der Waals surface area (Å²) in [4.78, 5) is 2.00. The SMILES string of the molecule is Oc1ccccc1CN(C[C@@H]1CCCO1)C(=S)Nc1cc(Cl)cc(Cl)c1. The lowest BCUT2D eigenvalue weighted by molar-refractivity contribution is 0.0904. The monoisotopic (exact) mass is 410 g/mol. The van der Waals surface area contributed by atoms with Crippen molar-refractivity contribution in [1.29, 1.82) is 0 Å². The minimum atomic E-state index is 0.128. The Balaban J connectivity index is 1.76. The number of benzene rings is 2. The predicted molar refractivity (Wildman–Crippen MR) is 110 cm³/mol. The van der Waals surface area contributed by atoms with Crippen molar-refractivity contribution in [3.8, 4) is 5.75 Å². The Kier molecular flexibility index (Phi) is 6.59. The molecule has 1 saturated heterocycles. The third-order valence-electron chi connectivity index (χ3n) is 4.20. The molecule has 0 radical (unpaired) electrons. The normalized spacial score (nSPS) is 16.5. The van der Waals surface area contributed by atoms with Crippen molar-refractivity contribution >= 4 is 46.2 Å². The first-order valence-electron chi connectivity index (χ1n) is 8.42. The number of phenols is 1. The van der Waals surface area contributed by atoms with E-state index < -0.39 is 0 Å². The van der Waals surface area contributed by atoms with Gasteiger partial charge in [-0.2, -0.15) is 0 Å². The first kappa shape index (κ1) is 19.2. The number of para-hydroxylation sites is 1. The quantitative estimate of drug-likeness (QED) is 0.672. The number of anilines is 1. The molecule has 4 nitrogen and oxygen atoms in total. The van der Waals surface area contributed by atoms with E-state index in [2.05, 4.69) is 5.32 Å². The summed E-state index contributed by atoms with van der Waals surface area (Å²) >= 11 is 17.7. The van der Waals surface area contributed by atoms with Crippen LogP contribution in [0.2, 0.25) is 10.0 Å². The molecule has 0 aromatic heterocycles. The van der Waals surface area contributed by atoms with Crippen molar-refractivity contribution in [1.82, 2.24) is 4.90 Å². The van der Waals surface area contributed by atoms with Gasteiger partial charge in [0.1, 0.15) is 5.75 Å². The number of rotatable bonds is 5. The molecule has 0 amide bonds. The van der Waals surface area contributed by atoms with E-state index >= 15 is 0 Å². The first-order chi connectivity index (χ1) is 12.5. The van der Waals surface area contributed by atoms with E-state index in [-0.39, 0.29) is 11.9 Å². The van der Waals surface area contributed by atoms with Gasteiger partial charge in [-0.15, -0.1) is 0 Å². The summed E-state index contributed by atoms with van der Waals surface area (Å²) in [6.45, 7) is 1.90. The van der Waals surface area contributed by atoms with Crippen LogP contribution < -0.4 is 5.32 Å². The van der Waals surface area contributed by atoms with E-state index in [1.54, 1.807) is 30.3 Å². The Morgan fingerprint density at radius 2 is 1.96 bits per heavy atom. The summed E-state index contributed by atoms with van der Waals surface area (Å²) < 4.78 is 5.76. The lowest BCUT2D eigenvalue weighted by Crippen LogP contribution is -2.39. The Labute approximate surface area is 168 Å². The number of nitrogens with zero attached hydrogens (tertiary/aromatic N) is 1. The molecular formula is C19H20Cl2N2O2S. The highest BCUT2D eigenvalue weighted by Gasteiger charge is 2.22. The standard InChI is InChI=1S/C19H20Cl2N2O2S/c20-14-8-15(21)10-16(9-14)22-19(26)23(12-17-5-3-7-25-17)11-13-4-1-2-6-18(13)24/h1-2,4,6,8-10,17,24H,3,5,7,11-12H2,(H,22,26)/t17-/m0/s1. The van der Waals surface area contributed by atoms with Crippen molar-refractivity contribution in [3.05, 3.63) is 58.1 Å². The number of hydrogen-bond donors (Lipinski definition) is 2. The summed E-state index contributed by atoms with van der Waals surface area (Å²) in [6.07, 6.45) is 2.19. The molecule has 7 heteroatoms. The average Bonchev–Trinajstić information content (AvgIpc) is 3.08. The van der Waals surface area contributed by atoms with Gasteiger partial charge in [-0.25, -0.2) is 0 Å². The molecule has 3 rings (SSSR count). The highest BCUT2D eigenvalue weighted by molar-refractivity contribution is 7.80. The third kappa shape index (κ3) is 5.24. The van der Waals surface area contributed by atoms with Crippen LogP contribution >= 0.6 is 35.4 Å². The molecule has 0 bridgehead atoms. The van der Waals surface area contributed by atoms with Crippen LogP contribution in [0.5, 0.6) is 5.75 Å². The molecule has 138 valence electrons. The van der Waals surface area contributed by atoms with E-state index in [1.807, 2.05) is 17.0 Å². The van der Waals surface area contributed by atoms with Crippen molar-refractivity contribution in [2.75, 3.05) is 18.5 Å². The molecular weight excluding hydrogens is 391 g/mol. The summed E-state index contributed by atoms with van der Waals surface area (Å²) in [6, 6.07) is 12.5. The highest BCUT2D eigenvalue weighted by Crippen LogP contribution is 2.24. The van der Waals surface area contributed by atoms with Gasteiger partial charge >= 0.3 is 0 Å². The van der Waals surface area contributed by atoms with Crippen LogP contribution in [-0.4, -0.2) is 34.4 Å². The zero-order valence-electron chi connectivity index (χ0n) is 14.1. The van der Waals surface area contributed by atoms with Crippen LogP contribution in [-0.2, 0) is 11.3 Å². The maximum atomic E-state index is 10.1. The average molecular weight is 411 g/mol. The van der Waals surface area contributed by atoms with Crippen LogP contribution in [0.15, 0.2) is 42.5 Å². The molecule has 2 aromatic carbocycles. The van der Waals surface area contributed by atoms with Crippen LogP contribution in [0.4, 0.5) is 5.69 Å². The summed E-state index contributed by atoms with van der Waals surface area (Å²) in [5.74, 6) is 0.249. The van der Waals surface area contributed by atoms with E-state index in [4.69, 9.17) is 40.2 Å². The summed E-state index contributed by atoms with van der Waals surface area (Å²) in [7, 11) is 0. The number of phenolic OH excluding ortho intramolecular Hbond substituents is 1. The molecule has 0 aliphatic carbocycles. The molecule has 0 unspecified atom stereocenters. The molecule has 0 saturated carbocycles. The van der Waals surface area contributed by atoms with E-state index in [0.29, 0.717) is 28.2 Å². The molecule has 2 N–H and O–H groups in total. The van der Waals surface area contributed by atoms with Gasteiger partial charge in [-0.3, -0.25) is 0 Å². The van der Waals surface area contributed by atoms with Crippen LogP contribution in [0.1, 0.15) is 18.4 Å². The largest absolute Gasteiger partial charge is 0.508 e. The van der Waals surface area contributed by atoms with Crippen molar-refractivity contribution in [3.63, 3.8) is 0 Å².